The van der Waals surface area contributed by atoms with E-state index in [1.54, 1.807) is 0 Å². The van der Waals surface area contributed by atoms with Crippen molar-refractivity contribution in [3.05, 3.63) is 58.6 Å². The van der Waals surface area contributed by atoms with Crippen molar-refractivity contribution in [2.24, 2.45) is 0 Å². The molecule has 0 spiro atoms. The average molecular weight is 380 g/mol. The van der Waals surface area contributed by atoms with Gasteiger partial charge in [0.2, 0.25) is 6.79 Å². The van der Waals surface area contributed by atoms with Crippen LogP contribution in [0, 0.1) is 0 Å². The highest BCUT2D eigenvalue weighted by molar-refractivity contribution is 6.30. The molecule has 0 fully saturated rings. The first-order chi connectivity index (χ1) is 12.5. The summed E-state index contributed by atoms with van der Waals surface area (Å²) in [5, 5.41) is 19.0. The molecular formula is C18H18ClNO6. The molecule has 2 aromatic carbocycles. The summed E-state index contributed by atoms with van der Waals surface area (Å²) in [5.41, 5.74) is 2.48. The molecule has 3 rings (SSSR count). The van der Waals surface area contributed by atoms with E-state index in [1.165, 1.54) is 11.1 Å². The highest BCUT2D eigenvalue weighted by Crippen LogP contribution is 2.32. The fourth-order valence-electron chi connectivity index (χ4n) is 2.16. The number of aliphatic carboxylic acids is 2. The number of hydrogen-bond donors (Lipinski definition) is 3. The lowest BCUT2D eigenvalue weighted by Gasteiger charge is -2.06. The third kappa shape index (κ3) is 6.27. The fourth-order valence-corrected chi connectivity index (χ4v) is 2.29. The lowest BCUT2D eigenvalue weighted by Crippen LogP contribution is -2.16. The Balaban J connectivity index is 0.000000352. The first-order valence-electron chi connectivity index (χ1n) is 7.75. The smallest absolute Gasteiger partial charge is 0.414 e. The third-order valence-corrected chi connectivity index (χ3v) is 3.70. The van der Waals surface area contributed by atoms with Crippen LogP contribution < -0.4 is 14.8 Å². The van der Waals surface area contributed by atoms with Crippen molar-refractivity contribution in [3.8, 4) is 11.5 Å². The summed E-state index contributed by atoms with van der Waals surface area (Å²) in [6, 6.07) is 14.0. The van der Waals surface area contributed by atoms with Crippen molar-refractivity contribution in [2.75, 3.05) is 13.3 Å². The maximum atomic E-state index is 9.10. The second-order valence-electron chi connectivity index (χ2n) is 5.35. The Labute approximate surface area is 155 Å². The SMILES string of the molecule is Clc1ccc(CNCCc2ccc3c(c2)OCO3)cc1.O=C(O)C(=O)O. The monoisotopic (exact) mass is 379 g/mol. The van der Waals surface area contributed by atoms with E-state index in [0.717, 1.165) is 36.0 Å². The van der Waals surface area contributed by atoms with Crippen LogP contribution in [0.15, 0.2) is 42.5 Å². The van der Waals surface area contributed by atoms with Gasteiger partial charge in [-0.3, -0.25) is 0 Å². The van der Waals surface area contributed by atoms with Crippen molar-refractivity contribution >= 4 is 23.5 Å². The van der Waals surface area contributed by atoms with Gasteiger partial charge in [-0.25, -0.2) is 9.59 Å². The summed E-state index contributed by atoms with van der Waals surface area (Å²) in [6.07, 6.45) is 0.963. The van der Waals surface area contributed by atoms with Crippen LogP contribution in [0.5, 0.6) is 11.5 Å². The van der Waals surface area contributed by atoms with Crippen LogP contribution in [0.1, 0.15) is 11.1 Å². The van der Waals surface area contributed by atoms with E-state index in [9.17, 15) is 0 Å². The van der Waals surface area contributed by atoms with E-state index in [2.05, 4.69) is 11.4 Å². The first-order valence-corrected chi connectivity index (χ1v) is 8.13. The summed E-state index contributed by atoms with van der Waals surface area (Å²) in [6.45, 7) is 2.09. The van der Waals surface area contributed by atoms with E-state index in [0.29, 0.717) is 6.79 Å². The number of carboxylic acid groups (broad SMARTS) is 2. The summed E-state index contributed by atoms with van der Waals surface area (Å²) < 4.78 is 10.7. The average Bonchev–Trinajstić information content (AvgIpc) is 3.08. The van der Waals surface area contributed by atoms with Crippen LogP contribution in [0.4, 0.5) is 0 Å². The third-order valence-electron chi connectivity index (χ3n) is 3.45. The molecule has 0 amide bonds. The Morgan fingerprint density at radius 1 is 0.962 bits per heavy atom. The zero-order chi connectivity index (χ0) is 18.9. The van der Waals surface area contributed by atoms with Crippen LogP contribution in [-0.2, 0) is 22.6 Å². The maximum absolute atomic E-state index is 9.10. The van der Waals surface area contributed by atoms with Crippen LogP contribution in [0.25, 0.3) is 0 Å². The van der Waals surface area contributed by atoms with Gasteiger partial charge in [0.1, 0.15) is 0 Å². The molecule has 1 aliphatic rings. The number of ether oxygens (including phenoxy) is 2. The van der Waals surface area contributed by atoms with Crippen LogP contribution in [-0.4, -0.2) is 35.5 Å². The zero-order valence-corrected chi connectivity index (χ0v) is 14.5. The van der Waals surface area contributed by atoms with Gasteiger partial charge < -0.3 is 25.0 Å². The summed E-state index contributed by atoms with van der Waals surface area (Å²) in [4.78, 5) is 18.2. The minimum Gasteiger partial charge on any atom is -0.473 e. The van der Waals surface area contributed by atoms with Crippen molar-refractivity contribution < 1.29 is 29.3 Å². The molecule has 0 atom stereocenters. The van der Waals surface area contributed by atoms with Gasteiger partial charge in [-0.15, -0.1) is 0 Å². The Morgan fingerprint density at radius 3 is 2.23 bits per heavy atom. The predicted octanol–water partition coefficient (Wildman–Crippen LogP) is 2.56. The highest BCUT2D eigenvalue weighted by atomic mass is 35.5. The second-order valence-corrected chi connectivity index (χ2v) is 5.79. The molecular weight excluding hydrogens is 362 g/mol. The van der Waals surface area contributed by atoms with Gasteiger partial charge in [0, 0.05) is 11.6 Å². The minimum atomic E-state index is -1.82. The molecule has 7 nitrogen and oxygen atoms in total. The minimum absolute atomic E-state index is 0.327. The molecule has 1 heterocycles. The van der Waals surface area contributed by atoms with E-state index < -0.39 is 11.9 Å². The van der Waals surface area contributed by atoms with Gasteiger partial charge in [0.15, 0.2) is 11.5 Å². The number of nitrogens with one attached hydrogen (secondary N) is 1. The maximum Gasteiger partial charge on any atom is 0.414 e. The van der Waals surface area contributed by atoms with Gasteiger partial charge in [-0.1, -0.05) is 29.8 Å². The molecule has 26 heavy (non-hydrogen) atoms. The quantitative estimate of drug-likeness (QED) is 0.541. The van der Waals surface area contributed by atoms with Gasteiger partial charge in [0.05, 0.1) is 0 Å². The van der Waals surface area contributed by atoms with E-state index in [-0.39, 0.29) is 0 Å². The Hall–Kier alpha value is -2.77. The molecule has 0 aromatic heterocycles. The summed E-state index contributed by atoms with van der Waals surface area (Å²) in [7, 11) is 0. The molecule has 8 heteroatoms. The van der Waals surface area contributed by atoms with E-state index in [4.69, 9.17) is 40.9 Å². The van der Waals surface area contributed by atoms with Crippen molar-refractivity contribution in [1.29, 1.82) is 0 Å². The molecule has 1 aliphatic heterocycles. The van der Waals surface area contributed by atoms with Crippen LogP contribution in [0.2, 0.25) is 5.02 Å². The number of halogens is 1. The number of fused-ring (bicyclic) bond motifs is 1. The molecule has 0 saturated heterocycles. The van der Waals surface area contributed by atoms with Gasteiger partial charge in [0.25, 0.3) is 0 Å². The van der Waals surface area contributed by atoms with E-state index >= 15 is 0 Å². The van der Waals surface area contributed by atoms with E-state index in [1.807, 2.05) is 36.4 Å². The lowest BCUT2D eigenvalue weighted by molar-refractivity contribution is -0.159. The number of carboxylic acids is 2. The van der Waals surface area contributed by atoms with Crippen LogP contribution >= 0.6 is 11.6 Å². The number of hydrogen-bond acceptors (Lipinski definition) is 5. The molecule has 0 unspecified atom stereocenters. The largest absolute Gasteiger partial charge is 0.473 e. The predicted molar refractivity (Wildman–Crippen MR) is 94.7 cm³/mol. The topological polar surface area (TPSA) is 105 Å². The second kappa shape index (κ2) is 9.65. The van der Waals surface area contributed by atoms with Crippen molar-refractivity contribution in [1.82, 2.24) is 5.32 Å². The number of carbonyl (C=O) groups is 2. The standard InChI is InChI=1S/C16H16ClNO2.C2H2O4/c17-14-4-1-13(2-5-14)10-18-8-7-12-3-6-15-16(9-12)20-11-19-15;3-1(4)2(5)6/h1-6,9,18H,7-8,10-11H2;(H,3,4)(H,5,6). The molecule has 3 N–H and O–H groups in total. The molecule has 0 aliphatic carbocycles. The Kier molecular flexibility index (Phi) is 7.25. The molecule has 0 saturated carbocycles. The van der Waals surface area contributed by atoms with Crippen LogP contribution in [0.3, 0.4) is 0 Å². The molecule has 138 valence electrons. The normalized spacial score (nSPS) is 11.4. The summed E-state index contributed by atoms with van der Waals surface area (Å²) in [5.74, 6) is -1.96. The first kappa shape index (κ1) is 19.6. The zero-order valence-electron chi connectivity index (χ0n) is 13.8. The molecule has 0 radical (unpaired) electrons. The van der Waals surface area contributed by atoms with Crippen molar-refractivity contribution in [2.45, 2.75) is 13.0 Å². The Bertz CT molecular complexity index is 751. The fraction of sp³-hybridized carbons (Fsp3) is 0.222. The van der Waals surface area contributed by atoms with Crippen molar-refractivity contribution in [3.63, 3.8) is 0 Å². The highest BCUT2D eigenvalue weighted by Gasteiger charge is 2.12. The number of rotatable bonds is 5. The molecule has 2 aromatic rings. The molecule has 0 bridgehead atoms. The van der Waals surface area contributed by atoms with Gasteiger partial charge in [-0.05, 0) is 48.4 Å². The lowest BCUT2D eigenvalue weighted by atomic mass is 10.1. The summed E-state index contributed by atoms with van der Waals surface area (Å²) >= 11 is 5.86. The number of benzene rings is 2. The Morgan fingerprint density at radius 2 is 1.58 bits per heavy atom. The van der Waals surface area contributed by atoms with Gasteiger partial charge >= 0.3 is 11.9 Å². The van der Waals surface area contributed by atoms with Gasteiger partial charge in [-0.2, -0.15) is 0 Å².